The van der Waals surface area contributed by atoms with Gasteiger partial charge in [-0.3, -0.25) is 0 Å². The van der Waals surface area contributed by atoms with Gasteiger partial charge in [0.1, 0.15) is 0 Å². The summed E-state index contributed by atoms with van der Waals surface area (Å²) in [5.74, 6) is 0.505. The van der Waals surface area contributed by atoms with E-state index in [-0.39, 0.29) is 18.1 Å². The summed E-state index contributed by atoms with van der Waals surface area (Å²) >= 11 is 0. The first-order chi connectivity index (χ1) is 7.58. The molecule has 3 aliphatic rings. The third-order valence-electron chi connectivity index (χ3n) is 3.88. The highest BCUT2D eigenvalue weighted by molar-refractivity contribution is 7.87. The van der Waals surface area contributed by atoms with Crippen molar-refractivity contribution in [2.24, 2.45) is 5.92 Å². The first-order valence-electron chi connectivity index (χ1n) is 6.09. The molecule has 0 spiro atoms. The predicted octanol–water partition coefficient (Wildman–Crippen LogP) is -0.335. The molecule has 2 saturated heterocycles. The van der Waals surface area contributed by atoms with E-state index in [2.05, 4.69) is 10.0 Å². The quantitative estimate of drug-likeness (QED) is 0.715. The first kappa shape index (κ1) is 11.0. The Morgan fingerprint density at radius 1 is 1.31 bits per heavy atom. The summed E-state index contributed by atoms with van der Waals surface area (Å²) in [6.07, 6.45) is 2.98. The Balaban J connectivity index is 1.81. The van der Waals surface area contributed by atoms with Crippen molar-refractivity contribution >= 4 is 10.2 Å². The van der Waals surface area contributed by atoms with Gasteiger partial charge in [0.2, 0.25) is 0 Å². The van der Waals surface area contributed by atoms with E-state index in [1.54, 1.807) is 4.31 Å². The normalized spacial score (nSPS) is 40.2. The van der Waals surface area contributed by atoms with Crippen molar-refractivity contribution in [2.45, 2.75) is 44.3 Å². The van der Waals surface area contributed by atoms with Crippen LogP contribution in [-0.4, -0.2) is 43.9 Å². The van der Waals surface area contributed by atoms with Gasteiger partial charge < -0.3 is 5.32 Å². The Bertz CT molecular complexity index is 380. The zero-order chi connectivity index (χ0) is 11.3. The molecule has 16 heavy (non-hydrogen) atoms. The molecule has 0 amide bonds. The van der Waals surface area contributed by atoms with Crippen LogP contribution < -0.4 is 10.0 Å². The Morgan fingerprint density at radius 2 is 2.06 bits per heavy atom. The Hall–Kier alpha value is -0.170. The number of nitrogens with zero attached hydrogens (tertiary/aromatic N) is 1. The maximum atomic E-state index is 12.2. The van der Waals surface area contributed by atoms with Gasteiger partial charge in [0.05, 0.1) is 0 Å². The van der Waals surface area contributed by atoms with Crippen molar-refractivity contribution in [3.05, 3.63) is 0 Å². The third-order valence-corrected chi connectivity index (χ3v) is 5.70. The summed E-state index contributed by atoms with van der Waals surface area (Å²) in [6, 6.07) is 0.519. The van der Waals surface area contributed by atoms with Crippen LogP contribution in [0.3, 0.4) is 0 Å². The number of rotatable bonds is 3. The van der Waals surface area contributed by atoms with Gasteiger partial charge in [-0.1, -0.05) is 0 Å². The summed E-state index contributed by atoms with van der Waals surface area (Å²) < 4.78 is 28.9. The second kappa shape index (κ2) is 3.66. The molecule has 3 fully saturated rings. The predicted molar refractivity (Wildman–Crippen MR) is 61.1 cm³/mol. The number of nitrogens with one attached hydrogen (secondary N) is 2. The summed E-state index contributed by atoms with van der Waals surface area (Å²) in [5.41, 5.74) is 0. The first-order valence-corrected chi connectivity index (χ1v) is 7.53. The van der Waals surface area contributed by atoms with E-state index in [1.807, 2.05) is 6.92 Å². The molecule has 6 heteroatoms. The van der Waals surface area contributed by atoms with E-state index < -0.39 is 10.2 Å². The molecule has 3 unspecified atom stereocenters. The summed E-state index contributed by atoms with van der Waals surface area (Å²) in [7, 11) is -3.26. The Labute approximate surface area is 96.8 Å². The Kier molecular flexibility index (Phi) is 2.51. The minimum absolute atomic E-state index is 0.147. The van der Waals surface area contributed by atoms with Gasteiger partial charge in [0, 0.05) is 24.7 Å². The summed E-state index contributed by atoms with van der Waals surface area (Å²) in [5, 5.41) is 3.28. The fourth-order valence-corrected chi connectivity index (χ4v) is 4.96. The maximum Gasteiger partial charge on any atom is 0.280 e. The molecule has 0 bridgehead atoms. The molecular formula is C10H19N3O2S. The lowest BCUT2D eigenvalue weighted by Gasteiger charge is -2.26. The number of fused-ring (bicyclic) bond motifs is 1. The fourth-order valence-electron chi connectivity index (χ4n) is 3.01. The molecule has 1 saturated carbocycles. The van der Waals surface area contributed by atoms with Crippen LogP contribution in [0, 0.1) is 5.92 Å². The highest BCUT2D eigenvalue weighted by Crippen LogP contribution is 2.34. The van der Waals surface area contributed by atoms with Crippen molar-refractivity contribution in [1.82, 2.24) is 14.3 Å². The van der Waals surface area contributed by atoms with Crippen LogP contribution in [0.2, 0.25) is 0 Å². The van der Waals surface area contributed by atoms with Crippen LogP contribution in [0.25, 0.3) is 0 Å². The summed E-state index contributed by atoms with van der Waals surface area (Å²) in [4.78, 5) is 0. The zero-order valence-corrected chi connectivity index (χ0v) is 10.3. The minimum atomic E-state index is -3.26. The van der Waals surface area contributed by atoms with Gasteiger partial charge in [-0.2, -0.15) is 17.4 Å². The molecule has 2 N–H and O–H groups in total. The van der Waals surface area contributed by atoms with E-state index in [1.165, 1.54) is 0 Å². The largest absolute Gasteiger partial charge is 0.315 e. The average molecular weight is 245 g/mol. The molecule has 1 aliphatic carbocycles. The van der Waals surface area contributed by atoms with Crippen LogP contribution >= 0.6 is 0 Å². The van der Waals surface area contributed by atoms with Crippen molar-refractivity contribution in [3.63, 3.8) is 0 Å². The minimum Gasteiger partial charge on any atom is -0.315 e. The second-order valence-corrected chi connectivity index (χ2v) is 6.90. The number of hydrogen-bond acceptors (Lipinski definition) is 3. The average Bonchev–Trinajstić information content (AvgIpc) is 2.73. The highest BCUT2D eigenvalue weighted by atomic mass is 32.2. The lowest BCUT2D eigenvalue weighted by atomic mass is 10.0. The molecule has 92 valence electrons. The maximum absolute atomic E-state index is 12.2. The van der Waals surface area contributed by atoms with Gasteiger partial charge in [-0.25, -0.2) is 0 Å². The van der Waals surface area contributed by atoms with Gasteiger partial charge in [-0.05, 0) is 38.6 Å². The molecule has 2 aliphatic heterocycles. The molecule has 5 nitrogen and oxygen atoms in total. The third kappa shape index (κ3) is 1.77. The fraction of sp³-hybridized carbons (Fsp3) is 1.00. The van der Waals surface area contributed by atoms with E-state index >= 15 is 0 Å². The van der Waals surface area contributed by atoms with Crippen molar-refractivity contribution in [2.75, 3.05) is 13.1 Å². The van der Waals surface area contributed by atoms with Gasteiger partial charge in [-0.15, -0.1) is 0 Å². The number of hydrogen-bond donors (Lipinski definition) is 2. The lowest BCUT2D eigenvalue weighted by molar-refractivity contribution is 0.330. The molecular weight excluding hydrogens is 226 g/mol. The van der Waals surface area contributed by atoms with Gasteiger partial charge in [0.25, 0.3) is 10.2 Å². The SMILES string of the molecule is CC1CC2CNCC2N1S(=O)(=O)NC1CC1. The zero-order valence-electron chi connectivity index (χ0n) is 9.52. The van der Waals surface area contributed by atoms with E-state index in [9.17, 15) is 8.42 Å². The van der Waals surface area contributed by atoms with Crippen molar-refractivity contribution < 1.29 is 8.42 Å². The topological polar surface area (TPSA) is 61.4 Å². The van der Waals surface area contributed by atoms with Crippen LogP contribution in [0.4, 0.5) is 0 Å². The molecule has 3 rings (SSSR count). The van der Waals surface area contributed by atoms with Gasteiger partial charge >= 0.3 is 0 Å². The van der Waals surface area contributed by atoms with E-state index in [4.69, 9.17) is 0 Å². The van der Waals surface area contributed by atoms with Crippen LogP contribution in [0.1, 0.15) is 26.2 Å². The standard InChI is InChI=1S/C10H19N3O2S/c1-7-4-8-5-11-6-10(8)13(7)16(14,15)12-9-2-3-9/h7-12H,2-6H2,1H3. The lowest BCUT2D eigenvalue weighted by Crippen LogP contribution is -2.49. The van der Waals surface area contributed by atoms with Crippen LogP contribution in [0.15, 0.2) is 0 Å². The van der Waals surface area contributed by atoms with E-state index in [0.29, 0.717) is 5.92 Å². The Morgan fingerprint density at radius 3 is 2.75 bits per heavy atom. The molecule has 3 atom stereocenters. The summed E-state index contributed by atoms with van der Waals surface area (Å²) in [6.45, 7) is 3.79. The monoisotopic (exact) mass is 245 g/mol. The smallest absolute Gasteiger partial charge is 0.280 e. The molecule has 2 heterocycles. The van der Waals surface area contributed by atoms with Crippen molar-refractivity contribution in [3.8, 4) is 0 Å². The molecule has 0 aromatic rings. The molecule has 0 aromatic heterocycles. The van der Waals surface area contributed by atoms with Crippen molar-refractivity contribution in [1.29, 1.82) is 0 Å². The van der Waals surface area contributed by atoms with E-state index in [0.717, 1.165) is 32.4 Å². The highest BCUT2D eigenvalue weighted by Gasteiger charge is 2.48. The molecule has 0 radical (unpaired) electrons. The molecule has 0 aromatic carbocycles. The van der Waals surface area contributed by atoms with Crippen LogP contribution in [-0.2, 0) is 10.2 Å². The van der Waals surface area contributed by atoms with Crippen LogP contribution in [0.5, 0.6) is 0 Å². The van der Waals surface area contributed by atoms with Gasteiger partial charge in [0.15, 0.2) is 0 Å². The second-order valence-electron chi connectivity index (χ2n) is 5.30.